The zero-order valence-electron chi connectivity index (χ0n) is 15.2. The quantitative estimate of drug-likeness (QED) is 0.720. The zero-order valence-corrected chi connectivity index (χ0v) is 15.2. The molecule has 0 amide bonds. The van der Waals surface area contributed by atoms with Gasteiger partial charge >= 0.3 is 0 Å². The van der Waals surface area contributed by atoms with E-state index >= 15 is 0 Å². The Balaban J connectivity index is 1.75. The maximum Gasteiger partial charge on any atom is 0.225 e. The molecule has 3 rings (SSSR count). The van der Waals surface area contributed by atoms with E-state index in [2.05, 4.69) is 20.6 Å². The second-order valence-corrected chi connectivity index (χ2v) is 6.61. The molecule has 1 aliphatic rings. The lowest BCUT2D eigenvalue weighted by Crippen LogP contribution is -2.20. The molecule has 2 aromatic rings. The van der Waals surface area contributed by atoms with Crippen LogP contribution in [0.4, 0.5) is 17.5 Å². The standard InChI is InChI=1S/C20H28N4O/c1-3-25-18-13-9-8-12-17(18)23-19-14-15(2)21-20(24-19)22-16-10-6-4-5-7-11-16/h8-9,12-14,16H,3-7,10-11H2,1-2H3,(H2,21,22,23,24). The average Bonchev–Trinajstić information content (AvgIpc) is 2.85. The van der Waals surface area contributed by atoms with Crippen LogP contribution in [0.2, 0.25) is 0 Å². The minimum atomic E-state index is 0.480. The van der Waals surface area contributed by atoms with E-state index in [-0.39, 0.29) is 0 Å². The number of nitrogens with one attached hydrogen (secondary N) is 2. The second-order valence-electron chi connectivity index (χ2n) is 6.61. The smallest absolute Gasteiger partial charge is 0.225 e. The van der Waals surface area contributed by atoms with Gasteiger partial charge in [-0.25, -0.2) is 4.98 Å². The molecule has 1 saturated carbocycles. The van der Waals surface area contributed by atoms with Crippen molar-refractivity contribution in [3.8, 4) is 5.75 Å². The average molecular weight is 340 g/mol. The van der Waals surface area contributed by atoms with E-state index in [0.717, 1.165) is 22.9 Å². The summed E-state index contributed by atoms with van der Waals surface area (Å²) >= 11 is 0. The van der Waals surface area contributed by atoms with Gasteiger partial charge in [0.05, 0.1) is 12.3 Å². The molecule has 1 aliphatic carbocycles. The molecule has 1 aromatic carbocycles. The SMILES string of the molecule is CCOc1ccccc1Nc1cc(C)nc(NC2CCCCCC2)n1. The van der Waals surface area contributed by atoms with Gasteiger partial charge in [0.25, 0.3) is 0 Å². The Kier molecular flexibility index (Phi) is 6.09. The van der Waals surface area contributed by atoms with E-state index < -0.39 is 0 Å². The molecule has 0 aliphatic heterocycles. The first-order valence-electron chi connectivity index (χ1n) is 9.35. The van der Waals surface area contributed by atoms with Gasteiger partial charge in [-0.2, -0.15) is 4.98 Å². The molecule has 0 spiro atoms. The fraction of sp³-hybridized carbons (Fsp3) is 0.500. The van der Waals surface area contributed by atoms with Crippen molar-refractivity contribution in [2.75, 3.05) is 17.2 Å². The predicted octanol–water partition coefficient (Wildman–Crippen LogP) is 5.06. The summed E-state index contributed by atoms with van der Waals surface area (Å²) in [7, 11) is 0. The fourth-order valence-corrected chi connectivity index (χ4v) is 3.29. The Morgan fingerprint density at radius 1 is 1.08 bits per heavy atom. The predicted molar refractivity (Wildman–Crippen MR) is 103 cm³/mol. The first kappa shape index (κ1) is 17.5. The molecule has 1 fully saturated rings. The molecule has 2 N–H and O–H groups in total. The van der Waals surface area contributed by atoms with Gasteiger partial charge in [-0.05, 0) is 38.8 Å². The van der Waals surface area contributed by atoms with Crippen molar-refractivity contribution in [2.45, 2.75) is 58.4 Å². The first-order valence-corrected chi connectivity index (χ1v) is 9.35. The topological polar surface area (TPSA) is 59.1 Å². The van der Waals surface area contributed by atoms with E-state index in [1.807, 2.05) is 44.2 Å². The Morgan fingerprint density at radius 3 is 2.60 bits per heavy atom. The number of hydrogen-bond acceptors (Lipinski definition) is 5. The van der Waals surface area contributed by atoms with E-state index in [1.54, 1.807) is 0 Å². The summed E-state index contributed by atoms with van der Waals surface area (Å²) < 4.78 is 5.68. The van der Waals surface area contributed by atoms with Gasteiger partial charge < -0.3 is 15.4 Å². The highest BCUT2D eigenvalue weighted by Gasteiger charge is 2.14. The minimum absolute atomic E-state index is 0.480. The number of hydrogen-bond donors (Lipinski definition) is 2. The Hall–Kier alpha value is -2.30. The minimum Gasteiger partial charge on any atom is -0.492 e. The molecule has 0 unspecified atom stereocenters. The molecule has 0 radical (unpaired) electrons. The van der Waals surface area contributed by atoms with Gasteiger partial charge in [0.15, 0.2) is 0 Å². The molecule has 5 nitrogen and oxygen atoms in total. The summed E-state index contributed by atoms with van der Waals surface area (Å²) in [6.45, 7) is 4.62. The van der Waals surface area contributed by atoms with Crippen molar-refractivity contribution in [2.24, 2.45) is 0 Å². The van der Waals surface area contributed by atoms with Crippen LogP contribution in [0.3, 0.4) is 0 Å². The van der Waals surface area contributed by atoms with Crippen molar-refractivity contribution < 1.29 is 4.74 Å². The zero-order chi connectivity index (χ0) is 17.5. The summed E-state index contributed by atoms with van der Waals surface area (Å²) in [5, 5.41) is 6.91. The molecular weight excluding hydrogens is 312 g/mol. The molecule has 5 heteroatoms. The van der Waals surface area contributed by atoms with Crippen molar-refractivity contribution in [3.05, 3.63) is 36.0 Å². The summed E-state index contributed by atoms with van der Waals surface area (Å²) in [4.78, 5) is 9.23. The molecule has 0 saturated heterocycles. The number of anilines is 3. The van der Waals surface area contributed by atoms with Crippen LogP contribution in [0.1, 0.15) is 51.1 Å². The van der Waals surface area contributed by atoms with Crippen LogP contribution in [0.5, 0.6) is 5.75 Å². The van der Waals surface area contributed by atoms with Gasteiger partial charge in [-0.1, -0.05) is 37.8 Å². The number of nitrogens with zero attached hydrogens (tertiary/aromatic N) is 2. The maximum absolute atomic E-state index is 5.68. The van der Waals surface area contributed by atoms with Gasteiger partial charge in [0.2, 0.25) is 5.95 Å². The molecule has 25 heavy (non-hydrogen) atoms. The summed E-state index contributed by atoms with van der Waals surface area (Å²) in [6.07, 6.45) is 7.66. The number of aryl methyl sites for hydroxylation is 1. The van der Waals surface area contributed by atoms with Crippen molar-refractivity contribution in [1.82, 2.24) is 9.97 Å². The van der Waals surface area contributed by atoms with E-state index in [4.69, 9.17) is 4.74 Å². The summed E-state index contributed by atoms with van der Waals surface area (Å²) in [6, 6.07) is 10.4. The van der Waals surface area contributed by atoms with Crippen molar-refractivity contribution >= 4 is 17.5 Å². The number of aromatic nitrogens is 2. The molecule has 1 heterocycles. The third kappa shape index (κ3) is 5.08. The fourth-order valence-electron chi connectivity index (χ4n) is 3.29. The van der Waals surface area contributed by atoms with Crippen LogP contribution in [-0.4, -0.2) is 22.6 Å². The Labute approximate surface area is 150 Å². The van der Waals surface area contributed by atoms with E-state index in [0.29, 0.717) is 18.6 Å². The lowest BCUT2D eigenvalue weighted by Gasteiger charge is -2.17. The number of rotatable bonds is 6. The van der Waals surface area contributed by atoms with Crippen LogP contribution in [0, 0.1) is 6.92 Å². The van der Waals surface area contributed by atoms with Gasteiger partial charge in [-0.15, -0.1) is 0 Å². The molecular formula is C20H28N4O. The van der Waals surface area contributed by atoms with Gasteiger partial charge in [0.1, 0.15) is 11.6 Å². The molecule has 0 bridgehead atoms. The largest absolute Gasteiger partial charge is 0.492 e. The summed E-state index contributed by atoms with van der Waals surface area (Å²) in [5.74, 6) is 2.33. The molecule has 1 aromatic heterocycles. The molecule has 0 atom stereocenters. The van der Waals surface area contributed by atoms with Crippen molar-refractivity contribution in [3.63, 3.8) is 0 Å². The first-order chi connectivity index (χ1) is 12.2. The van der Waals surface area contributed by atoms with Crippen LogP contribution in [0.25, 0.3) is 0 Å². The molecule has 134 valence electrons. The number of ether oxygens (including phenoxy) is 1. The highest BCUT2D eigenvalue weighted by molar-refractivity contribution is 5.64. The lowest BCUT2D eigenvalue weighted by molar-refractivity contribution is 0.342. The van der Waals surface area contributed by atoms with Crippen LogP contribution in [-0.2, 0) is 0 Å². The second kappa shape index (κ2) is 8.70. The van der Waals surface area contributed by atoms with E-state index in [1.165, 1.54) is 38.5 Å². The third-order valence-electron chi connectivity index (χ3n) is 4.49. The van der Waals surface area contributed by atoms with Crippen molar-refractivity contribution in [1.29, 1.82) is 0 Å². The van der Waals surface area contributed by atoms with Gasteiger partial charge in [-0.3, -0.25) is 0 Å². The normalized spacial score (nSPS) is 15.4. The monoisotopic (exact) mass is 340 g/mol. The Bertz CT molecular complexity index is 681. The number of benzene rings is 1. The van der Waals surface area contributed by atoms with Crippen LogP contribution in [0.15, 0.2) is 30.3 Å². The highest BCUT2D eigenvalue weighted by atomic mass is 16.5. The summed E-state index contributed by atoms with van der Waals surface area (Å²) in [5.41, 5.74) is 1.87. The lowest BCUT2D eigenvalue weighted by atomic mass is 10.1. The van der Waals surface area contributed by atoms with E-state index in [9.17, 15) is 0 Å². The van der Waals surface area contributed by atoms with Gasteiger partial charge in [0, 0.05) is 17.8 Å². The number of para-hydroxylation sites is 2. The van der Waals surface area contributed by atoms with Crippen LogP contribution >= 0.6 is 0 Å². The third-order valence-corrected chi connectivity index (χ3v) is 4.49. The highest BCUT2D eigenvalue weighted by Crippen LogP contribution is 2.27. The Morgan fingerprint density at radius 2 is 1.84 bits per heavy atom. The maximum atomic E-state index is 5.68. The van der Waals surface area contributed by atoms with Crippen LogP contribution < -0.4 is 15.4 Å².